The van der Waals surface area contributed by atoms with Crippen molar-refractivity contribution in [3.63, 3.8) is 0 Å². The van der Waals surface area contributed by atoms with Crippen LogP contribution in [0.15, 0.2) is 38.1 Å². The fraction of sp³-hybridized carbons (Fsp3) is 0.821. The highest BCUT2D eigenvalue weighted by molar-refractivity contribution is 7.81. The largest absolute Gasteiger partial charge is 0.379 e. The van der Waals surface area contributed by atoms with E-state index in [0.717, 1.165) is 70.5 Å². The third-order valence-corrected chi connectivity index (χ3v) is 19.3. The molecule has 6 rings (SSSR count). The topological polar surface area (TPSA) is 118 Å². The van der Waals surface area contributed by atoms with Crippen molar-refractivity contribution in [2.45, 2.75) is 57.9 Å². The van der Waals surface area contributed by atoms with Crippen LogP contribution in [0.3, 0.4) is 0 Å². The van der Waals surface area contributed by atoms with Crippen molar-refractivity contribution >= 4 is 22.7 Å². The van der Waals surface area contributed by atoms with Gasteiger partial charge in [-0.25, -0.2) is 19.1 Å². The Morgan fingerprint density at radius 1 is 0.614 bits per heavy atom. The molecule has 5 aliphatic heterocycles. The predicted octanol–water partition coefficient (Wildman–Crippen LogP) is 6.19. The Kier molecular flexibility index (Phi) is 12.5. The minimum atomic E-state index is -2.97. The standard InChI is InChI=1S/C28H51N8O5P3/c1-2-13-34(12-1)43(35-14-3-4-15-35)31-42(30-27-28-10-9-11-29-26-28)32-44(33-43,36-16-5-6-17-36)41-19-8-7-18-37-20-21-38-22-23-39-24-25-40-42/h9-11,26,30H,1-8,12-25,27H2. The van der Waals surface area contributed by atoms with E-state index in [2.05, 4.69) is 30.1 Å². The Morgan fingerprint density at radius 3 is 1.84 bits per heavy atom. The first-order chi connectivity index (χ1) is 21.7. The van der Waals surface area contributed by atoms with E-state index in [9.17, 15) is 0 Å². The SMILES string of the molecule is c1cncc(CNP23=NP(N4CCCC4)(N4CCCC4)=NP(N4CCCC4)(=N2)OCCCCOCCOCCOCCO3)c1. The number of fused-ring (bicyclic) bond motifs is 1. The van der Waals surface area contributed by atoms with E-state index in [-0.39, 0.29) is 0 Å². The van der Waals surface area contributed by atoms with Gasteiger partial charge in [0, 0.05) is 64.8 Å². The van der Waals surface area contributed by atoms with E-state index < -0.39 is 22.7 Å². The molecule has 0 amide bonds. The molecule has 2 unspecified atom stereocenters. The molecule has 0 radical (unpaired) electrons. The van der Waals surface area contributed by atoms with Gasteiger partial charge in [0.1, 0.15) is 0 Å². The van der Waals surface area contributed by atoms with E-state index in [1.54, 1.807) is 6.20 Å². The van der Waals surface area contributed by atoms with Gasteiger partial charge in [0.15, 0.2) is 0 Å². The van der Waals surface area contributed by atoms with E-state index in [1.165, 1.54) is 25.7 Å². The molecular formula is C28H51N8O5P3. The van der Waals surface area contributed by atoms with E-state index in [0.29, 0.717) is 59.4 Å². The van der Waals surface area contributed by atoms with Crippen LogP contribution in [0.2, 0.25) is 0 Å². The Morgan fingerprint density at radius 2 is 1.20 bits per heavy atom. The van der Waals surface area contributed by atoms with Crippen molar-refractivity contribution in [3.05, 3.63) is 30.1 Å². The maximum absolute atomic E-state index is 7.08. The molecule has 1 aromatic rings. The van der Waals surface area contributed by atoms with Gasteiger partial charge in [-0.1, -0.05) is 6.07 Å². The summed E-state index contributed by atoms with van der Waals surface area (Å²) >= 11 is 0. The molecule has 16 heteroatoms. The highest BCUT2D eigenvalue weighted by atomic mass is 31.3. The summed E-state index contributed by atoms with van der Waals surface area (Å²) in [5, 5.41) is 3.80. The monoisotopic (exact) mass is 672 g/mol. The first-order valence-electron chi connectivity index (χ1n) is 16.6. The maximum atomic E-state index is 7.08. The second-order valence-corrected chi connectivity index (χ2v) is 19.6. The molecule has 2 bridgehead atoms. The molecule has 0 saturated carbocycles. The minimum absolute atomic E-state index is 0.379. The average Bonchev–Trinajstić information content (AvgIpc) is 3.87. The molecule has 3 fully saturated rings. The van der Waals surface area contributed by atoms with Crippen LogP contribution in [0, 0.1) is 0 Å². The Labute approximate surface area is 263 Å². The van der Waals surface area contributed by atoms with Crippen molar-refractivity contribution < 1.29 is 23.3 Å². The van der Waals surface area contributed by atoms with Gasteiger partial charge in [-0.15, -0.1) is 0 Å². The summed E-state index contributed by atoms with van der Waals surface area (Å²) in [5.74, 6) is 0. The van der Waals surface area contributed by atoms with Crippen molar-refractivity contribution in [1.82, 2.24) is 24.1 Å². The summed E-state index contributed by atoms with van der Waals surface area (Å²) in [5.41, 5.74) is 1.07. The van der Waals surface area contributed by atoms with Crippen molar-refractivity contribution in [1.29, 1.82) is 0 Å². The maximum Gasteiger partial charge on any atom is 0.282 e. The van der Waals surface area contributed by atoms with Gasteiger partial charge >= 0.3 is 0 Å². The van der Waals surface area contributed by atoms with E-state index in [1.807, 2.05) is 12.3 Å². The molecule has 0 aromatic carbocycles. The number of aromatic nitrogens is 1. The number of hydrogen-bond donors (Lipinski definition) is 1. The molecule has 13 nitrogen and oxygen atoms in total. The van der Waals surface area contributed by atoms with E-state index in [4.69, 9.17) is 36.8 Å². The summed E-state index contributed by atoms with van der Waals surface area (Å²) in [6, 6.07) is 4.06. The van der Waals surface area contributed by atoms with Crippen LogP contribution in [0.5, 0.6) is 0 Å². The molecule has 5 aliphatic rings. The number of nitrogens with zero attached hydrogens (tertiary/aromatic N) is 7. The molecule has 248 valence electrons. The second-order valence-electron chi connectivity index (χ2n) is 11.8. The number of nitrogens with one attached hydrogen (secondary N) is 1. The molecule has 6 heterocycles. The van der Waals surface area contributed by atoms with Gasteiger partial charge in [0.2, 0.25) is 7.51 Å². The molecule has 3 saturated heterocycles. The minimum Gasteiger partial charge on any atom is -0.379 e. The fourth-order valence-corrected chi connectivity index (χ4v) is 19.6. The molecule has 2 atom stereocenters. The van der Waals surface area contributed by atoms with Gasteiger partial charge in [0.25, 0.3) is 15.2 Å². The summed E-state index contributed by atoms with van der Waals surface area (Å²) in [4.78, 5) is 4.37. The van der Waals surface area contributed by atoms with Crippen LogP contribution in [-0.2, 0) is 29.8 Å². The molecular weight excluding hydrogens is 621 g/mol. The number of pyridine rings is 1. The smallest absolute Gasteiger partial charge is 0.282 e. The van der Waals surface area contributed by atoms with Crippen LogP contribution in [0.1, 0.15) is 56.9 Å². The van der Waals surface area contributed by atoms with Crippen LogP contribution in [0.25, 0.3) is 0 Å². The lowest BCUT2D eigenvalue weighted by molar-refractivity contribution is 0.00882. The number of rotatable bonds is 6. The summed E-state index contributed by atoms with van der Waals surface area (Å²) in [6.45, 7) is 10.7. The first kappa shape index (κ1) is 33.4. The summed E-state index contributed by atoms with van der Waals surface area (Å²) in [6.07, 6.45) is 12.4. The van der Waals surface area contributed by atoms with Gasteiger partial charge < -0.3 is 23.3 Å². The van der Waals surface area contributed by atoms with Crippen LogP contribution in [0.4, 0.5) is 0 Å². The summed E-state index contributed by atoms with van der Waals surface area (Å²) < 4.78 is 56.5. The van der Waals surface area contributed by atoms with Crippen molar-refractivity contribution in [2.24, 2.45) is 13.5 Å². The van der Waals surface area contributed by atoms with Gasteiger partial charge in [0.05, 0.1) is 46.2 Å². The highest BCUT2D eigenvalue weighted by Crippen LogP contribution is 2.81. The third-order valence-electron chi connectivity index (χ3n) is 8.49. The fourth-order valence-electron chi connectivity index (χ4n) is 6.20. The average molecular weight is 673 g/mol. The Hall–Kier alpha value is -0.520. The normalized spacial score (nSPS) is 32.3. The molecule has 1 N–H and O–H groups in total. The predicted molar refractivity (Wildman–Crippen MR) is 175 cm³/mol. The zero-order valence-electron chi connectivity index (χ0n) is 26.1. The molecule has 1 aromatic heterocycles. The third kappa shape index (κ3) is 8.30. The van der Waals surface area contributed by atoms with Crippen LogP contribution < -0.4 is 5.09 Å². The molecule has 0 spiro atoms. The lowest BCUT2D eigenvalue weighted by Gasteiger charge is -2.44. The van der Waals surface area contributed by atoms with Crippen molar-refractivity contribution in [3.8, 4) is 0 Å². The van der Waals surface area contributed by atoms with Crippen LogP contribution in [-0.4, -0.2) is 111 Å². The number of hydrogen-bond acceptors (Lipinski definition) is 13. The summed E-state index contributed by atoms with van der Waals surface area (Å²) in [7, 11) is -8.34. The van der Waals surface area contributed by atoms with Gasteiger partial charge in [-0.3, -0.25) is 4.98 Å². The second kappa shape index (κ2) is 16.5. The van der Waals surface area contributed by atoms with Crippen LogP contribution >= 0.6 is 22.7 Å². The zero-order valence-corrected chi connectivity index (χ0v) is 28.8. The van der Waals surface area contributed by atoms with Gasteiger partial charge in [-0.2, -0.15) is 13.5 Å². The quantitative estimate of drug-likeness (QED) is 0.351. The lowest BCUT2D eigenvalue weighted by Crippen LogP contribution is -2.30. The molecule has 44 heavy (non-hydrogen) atoms. The van der Waals surface area contributed by atoms with Crippen molar-refractivity contribution in [2.75, 3.05) is 92.1 Å². The Bertz CT molecular complexity index is 1190. The molecule has 0 aliphatic carbocycles. The zero-order chi connectivity index (χ0) is 30.0. The van der Waals surface area contributed by atoms with E-state index >= 15 is 0 Å². The number of ether oxygens (including phenoxy) is 3. The first-order valence-corrected chi connectivity index (χ1v) is 21.3. The van der Waals surface area contributed by atoms with Gasteiger partial charge in [-0.05, 0) is 63.0 Å². The lowest BCUT2D eigenvalue weighted by atomic mass is 10.3. The Balaban J connectivity index is 1.46. The highest BCUT2D eigenvalue weighted by Gasteiger charge is 2.49.